The van der Waals surface area contributed by atoms with E-state index in [0.29, 0.717) is 11.8 Å². The highest BCUT2D eigenvalue weighted by Crippen LogP contribution is 2.37. The van der Waals surface area contributed by atoms with Gasteiger partial charge in [0.1, 0.15) is 0 Å². The van der Waals surface area contributed by atoms with E-state index in [1.807, 2.05) is 37.3 Å². The number of allylic oxidation sites excluding steroid dienone is 4. The van der Waals surface area contributed by atoms with Crippen LogP contribution in [-0.2, 0) is 4.74 Å². The summed E-state index contributed by atoms with van der Waals surface area (Å²) in [7, 11) is 0. The van der Waals surface area contributed by atoms with E-state index in [1.165, 1.54) is 6.08 Å². The highest BCUT2D eigenvalue weighted by atomic mass is 16.5. The number of ether oxygens (including phenoxy) is 1. The Hall–Kier alpha value is -2.34. The van der Waals surface area contributed by atoms with Gasteiger partial charge in [-0.1, -0.05) is 49.8 Å². The van der Waals surface area contributed by atoms with Gasteiger partial charge in [0.05, 0.1) is 17.7 Å². The van der Waals surface area contributed by atoms with Crippen molar-refractivity contribution in [1.82, 2.24) is 0 Å². The first-order valence-corrected chi connectivity index (χ1v) is 9.68. The lowest BCUT2D eigenvalue weighted by atomic mass is 9.77. The summed E-state index contributed by atoms with van der Waals surface area (Å²) < 4.78 is 5.62. The number of rotatable bonds is 7. The SMILES string of the molecule is CCCC(C)OC(=O)c1ccccc1C1CCC(/C=C/C=CC#N)CC1. The summed E-state index contributed by atoms with van der Waals surface area (Å²) >= 11 is 0. The summed E-state index contributed by atoms with van der Waals surface area (Å²) in [4.78, 5) is 12.6. The zero-order chi connectivity index (χ0) is 18.8. The van der Waals surface area contributed by atoms with Crippen LogP contribution in [0, 0.1) is 17.2 Å². The number of esters is 1. The van der Waals surface area contributed by atoms with Crippen LogP contribution in [0.2, 0.25) is 0 Å². The Morgan fingerprint density at radius 2 is 2.00 bits per heavy atom. The van der Waals surface area contributed by atoms with Crippen LogP contribution in [0.3, 0.4) is 0 Å². The second-order valence-electron chi connectivity index (χ2n) is 7.08. The number of benzene rings is 1. The lowest BCUT2D eigenvalue weighted by Crippen LogP contribution is -2.19. The topological polar surface area (TPSA) is 50.1 Å². The van der Waals surface area contributed by atoms with E-state index in [-0.39, 0.29) is 12.1 Å². The molecular weight excluding hydrogens is 322 g/mol. The molecule has 0 N–H and O–H groups in total. The summed E-state index contributed by atoms with van der Waals surface area (Å²) in [5.74, 6) is 0.781. The Morgan fingerprint density at radius 3 is 2.69 bits per heavy atom. The van der Waals surface area contributed by atoms with Crippen molar-refractivity contribution in [2.45, 2.75) is 64.4 Å². The molecule has 1 aromatic carbocycles. The van der Waals surface area contributed by atoms with E-state index in [0.717, 1.165) is 49.7 Å². The molecule has 0 heterocycles. The standard InChI is InChI=1S/C23H29NO2/c1-3-9-18(2)26-23(25)22-12-7-6-11-21(22)20-15-13-19(14-16-20)10-5-4-8-17-24/h4-8,10-12,18-20H,3,9,13-16H2,1-2H3/b8-4?,10-5+. The maximum Gasteiger partial charge on any atom is 0.338 e. The van der Waals surface area contributed by atoms with E-state index in [2.05, 4.69) is 19.1 Å². The Balaban J connectivity index is 2.00. The molecule has 1 unspecified atom stereocenters. The van der Waals surface area contributed by atoms with Gasteiger partial charge in [0.15, 0.2) is 0 Å². The fourth-order valence-electron chi connectivity index (χ4n) is 3.69. The van der Waals surface area contributed by atoms with Gasteiger partial charge in [0.25, 0.3) is 0 Å². The molecule has 0 saturated heterocycles. The van der Waals surface area contributed by atoms with Crippen LogP contribution < -0.4 is 0 Å². The van der Waals surface area contributed by atoms with Crippen LogP contribution in [0.25, 0.3) is 0 Å². The quantitative estimate of drug-likeness (QED) is 0.347. The van der Waals surface area contributed by atoms with E-state index in [9.17, 15) is 4.79 Å². The average Bonchev–Trinajstić information content (AvgIpc) is 2.66. The zero-order valence-corrected chi connectivity index (χ0v) is 15.9. The Bertz CT molecular complexity index is 676. The maximum atomic E-state index is 12.6. The highest BCUT2D eigenvalue weighted by Gasteiger charge is 2.25. The van der Waals surface area contributed by atoms with Gasteiger partial charge in [-0.15, -0.1) is 0 Å². The predicted molar refractivity (Wildman–Crippen MR) is 105 cm³/mol. The summed E-state index contributed by atoms with van der Waals surface area (Å²) in [6.07, 6.45) is 13.7. The van der Waals surface area contributed by atoms with Crippen LogP contribution >= 0.6 is 0 Å². The van der Waals surface area contributed by atoms with Crippen molar-refractivity contribution in [3.8, 4) is 6.07 Å². The van der Waals surface area contributed by atoms with E-state index in [4.69, 9.17) is 10.00 Å². The smallest absolute Gasteiger partial charge is 0.338 e. The molecule has 1 saturated carbocycles. The minimum absolute atomic E-state index is 0.0390. The molecule has 26 heavy (non-hydrogen) atoms. The minimum Gasteiger partial charge on any atom is -0.459 e. The molecule has 0 aromatic heterocycles. The lowest BCUT2D eigenvalue weighted by Gasteiger charge is -2.28. The maximum absolute atomic E-state index is 12.6. The van der Waals surface area contributed by atoms with Crippen molar-refractivity contribution in [3.63, 3.8) is 0 Å². The third-order valence-electron chi connectivity index (χ3n) is 5.06. The summed E-state index contributed by atoms with van der Waals surface area (Å²) in [6, 6.07) is 9.91. The fraction of sp³-hybridized carbons (Fsp3) is 0.478. The second-order valence-corrected chi connectivity index (χ2v) is 7.08. The van der Waals surface area contributed by atoms with Crippen molar-refractivity contribution >= 4 is 5.97 Å². The van der Waals surface area contributed by atoms with Gasteiger partial charge >= 0.3 is 5.97 Å². The van der Waals surface area contributed by atoms with E-state index >= 15 is 0 Å². The van der Waals surface area contributed by atoms with Crippen LogP contribution in [0.5, 0.6) is 0 Å². The normalized spacial score (nSPS) is 21.6. The van der Waals surface area contributed by atoms with Crippen LogP contribution in [0.1, 0.15) is 74.2 Å². The number of nitriles is 1. The van der Waals surface area contributed by atoms with Crippen LogP contribution in [0.4, 0.5) is 0 Å². The Morgan fingerprint density at radius 1 is 1.27 bits per heavy atom. The monoisotopic (exact) mass is 351 g/mol. The molecule has 0 bridgehead atoms. The molecule has 0 radical (unpaired) electrons. The number of carbonyl (C=O) groups excluding carboxylic acids is 1. The minimum atomic E-state index is -0.190. The zero-order valence-electron chi connectivity index (χ0n) is 15.9. The molecule has 3 nitrogen and oxygen atoms in total. The van der Waals surface area contributed by atoms with Gasteiger partial charge in [-0.25, -0.2) is 4.79 Å². The molecular formula is C23H29NO2. The first-order chi connectivity index (χ1) is 12.7. The van der Waals surface area contributed by atoms with E-state index in [1.54, 1.807) is 6.08 Å². The molecule has 1 aliphatic rings. The number of hydrogen-bond acceptors (Lipinski definition) is 3. The van der Waals surface area contributed by atoms with Crippen molar-refractivity contribution in [2.24, 2.45) is 5.92 Å². The van der Waals surface area contributed by atoms with Gasteiger partial charge in [-0.2, -0.15) is 5.26 Å². The molecule has 138 valence electrons. The predicted octanol–water partition coefficient (Wildman–Crippen LogP) is 5.94. The summed E-state index contributed by atoms with van der Waals surface area (Å²) in [6.45, 7) is 4.06. The Kier molecular flexibility index (Phi) is 8.15. The van der Waals surface area contributed by atoms with E-state index < -0.39 is 0 Å². The van der Waals surface area contributed by atoms with Crippen LogP contribution in [-0.4, -0.2) is 12.1 Å². The second kappa shape index (κ2) is 10.6. The third kappa shape index (κ3) is 5.88. The summed E-state index contributed by atoms with van der Waals surface area (Å²) in [5.41, 5.74) is 1.86. The van der Waals surface area contributed by atoms with Crippen LogP contribution in [0.15, 0.2) is 48.6 Å². The molecule has 1 aliphatic carbocycles. The molecule has 1 atom stereocenters. The third-order valence-corrected chi connectivity index (χ3v) is 5.06. The first kappa shape index (κ1) is 20.0. The highest BCUT2D eigenvalue weighted by molar-refractivity contribution is 5.91. The van der Waals surface area contributed by atoms with Gasteiger partial charge in [-0.3, -0.25) is 0 Å². The van der Waals surface area contributed by atoms with Gasteiger partial charge in [0, 0.05) is 6.08 Å². The molecule has 0 amide bonds. The number of nitrogens with zero attached hydrogens (tertiary/aromatic N) is 1. The molecule has 1 aromatic rings. The van der Waals surface area contributed by atoms with Gasteiger partial charge < -0.3 is 4.74 Å². The van der Waals surface area contributed by atoms with Gasteiger partial charge in [-0.05, 0) is 62.5 Å². The summed E-state index contributed by atoms with van der Waals surface area (Å²) in [5, 5.41) is 8.51. The molecule has 3 heteroatoms. The largest absolute Gasteiger partial charge is 0.459 e. The molecule has 0 aliphatic heterocycles. The van der Waals surface area contributed by atoms with Crippen molar-refractivity contribution in [2.75, 3.05) is 0 Å². The molecule has 2 rings (SSSR count). The van der Waals surface area contributed by atoms with Crippen molar-refractivity contribution in [3.05, 3.63) is 59.7 Å². The number of carbonyl (C=O) groups is 1. The van der Waals surface area contributed by atoms with Crippen molar-refractivity contribution in [1.29, 1.82) is 5.26 Å². The van der Waals surface area contributed by atoms with Gasteiger partial charge in [0.2, 0.25) is 0 Å². The lowest BCUT2D eigenvalue weighted by molar-refractivity contribution is 0.0321. The van der Waals surface area contributed by atoms with Crippen molar-refractivity contribution < 1.29 is 9.53 Å². The number of hydrogen-bond donors (Lipinski definition) is 0. The Labute approximate surface area is 157 Å². The molecule has 0 spiro atoms. The first-order valence-electron chi connectivity index (χ1n) is 9.68. The average molecular weight is 351 g/mol. The fourth-order valence-corrected chi connectivity index (χ4v) is 3.69. The molecule has 1 fully saturated rings.